The lowest BCUT2D eigenvalue weighted by atomic mass is 9.80. The van der Waals surface area contributed by atoms with Crippen molar-refractivity contribution < 1.29 is 5.11 Å². The zero-order chi connectivity index (χ0) is 19.4. The normalized spacial score (nSPS) is 21.2. The van der Waals surface area contributed by atoms with Crippen molar-refractivity contribution in [1.29, 1.82) is 0 Å². The summed E-state index contributed by atoms with van der Waals surface area (Å²) in [7, 11) is 0. The summed E-state index contributed by atoms with van der Waals surface area (Å²) in [5.41, 5.74) is 3.11. The average molecular weight is 377 g/mol. The molecule has 6 nitrogen and oxygen atoms in total. The van der Waals surface area contributed by atoms with Crippen molar-refractivity contribution >= 4 is 11.5 Å². The second kappa shape index (κ2) is 6.29. The van der Waals surface area contributed by atoms with Gasteiger partial charge in [0.25, 0.3) is 0 Å². The van der Waals surface area contributed by atoms with Gasteiger partial charge in [-0.05, 0) is 62.3 Å². The highest BCUT2D eigenvalue weighted by Gasteiger charge is 2.43. The third kappa shape index (κ3) is 3.06. The van der Waals surface area contributed by atoms with Crippen molar-refractivity contribution in [3.63, 3.8) is 0 Å². The van der Waals surface area contributed by atoms with Gasteiger partial charge in [0.05, 0.1) is 23.2 Å². The lowest BCUT2D eigenvalue weighted by Gasteiger charge is -2.39. The third-order valence-electron chi connectivity index (χ3n) is 6.28. The minimum absolute atomic E-state index is 0.494. The SMILES string of the molecule is CC(C)(O)c1ccc2ncc(-c3cccc(NC4CCC5(CNC5)C4)n3)n2c1. The summed E-state index contributed by atoms with van der Waals surface area (Å²) in [5.74, 6) is 0.917. The van der Waals surface area contributed by atoms with Gasteiger partial charge < -0.3 is 15.7 Å². The third-order valence-corrected chi connectivity index (χ3v) is 6.28. The fourth-order valence-electron chi connectivity index (χ4n) is 4.53. The van der Waals surface area contributed by atoms with Crippen LogP contribution in [0.5, 0.6) is 0 Å². The van der Waals surface area contributed by atoms with E-state index in [0.717, 1.165) is 41.5 Å². The lowest BCUT2D eigenvalue weighted by Crippen LogP contribution is -2.52. The van der Waals surface area contributed by atoms with Gasteiger partial charge in [0.2, 0.25) is 0 Å². The number of imidazole rings is 1. The van der Waals surface area contributed by atoms with Crippen molar-refractivity contribution in [3.05, 3.63) is 48.3 Å². The van der Waals surface area contributed by atoms with Crippen LogP contribution in [-0.4, -0.2) is 38.6 Å². The molecule has 2 aliphatic rings. The van der Waals surface area contributed by atoms with Gasteiger partial charge in [-0.15, -0.1) is 0 Å². The number of aromatic nitrogens is 3. The molecule has 6 heteroatoms. The van der Waals surface area contributed by atoms with Crippen molar-refractivity contribution in [1.82, 2.24) is 19.7 Å². The molecule has 146 valence electrons. The number of anilines is 1. The van der Waals surface area contributed by atoms with E-state index in [0.29, 0.717) is 11.5 Å². The Hall–Kier alpha value is -2.44. The van der Waals surface area contributed by atoms with Crippen LogP contribution in [0.4, 0.5) is 5.82 Å². The fraction of sp³-hybridized carbons (Fsp3) is 0.455. The van der Waals surface area contributed by atoms with Crippen molar-refractivity contribution in [2.24, 2.45) is 5.41 Å². The summed E-state index contributed by atoms with van der Waals surface area (Å²) in [6.45, 7) is 5.90. The summed E-state index contributed by atoms with van der Waals surface area (Å²) in [6, 6.07) is 10.4. The predicted octanol–water partition coefficient (Wildman–Crippen LogP) is 3.18. The molecule has 3 aromatic rings. The second-order valence-electron chi connectivity index (χ2n) is 8.94. The standard InChI is InChI=1S/C22H27N5O/c1-21(2,28)15-6-7-20-24-11-18(27(20)12-15)17-4-3-5-19(26-17)25-16-8-9-22(10-16)13-23-14-22/h3-7,11-12,16,23,28H,8-10,13-14H2,1-2H3,(H,25,26). The molecule has 0 bridgehead atoms. The van der Waals surface area contributed by atoms with Crippen molar-refractivity contribution in [2.45, 2.75) is 44.8 Å². The zero-order valence-electron chi connectivity index (χ0n) is 16.4. The number of pyridine rings is 2. The molecule has 1 spiro atoms. The van der Waals surface area contributed by atoms with Crippen LogP contribution in [0.15, 0.2) is 42.7 Å². The number of hydrogen-bond acceptors (Lipinski definition) is 5. The van der Waals surface area contributed by atoms with Crippen LogP contribution in [-0.2, 0) is 5.60 Å². The molecule has 5 rings (SSSR count). The van der Waals surface area contributed by atoms with Crippen LogP contribution < -0.4 is 10.6 Å². The van der Waals surface area contributed by atoms with Crippen LogP contribution in [0.1, 0.15) is 38.7 Å². The van der Waals surface area contributed by atoms with E-state index < -0.39 is 5.60 Å². The van der Waals surface area contributed by atoms with Gasteiger partial charge in [0, 0.05) is 25.3 Å². The molecule has 0 aromatic carbocycles. The van der Waals surface area contributed by atoms with Gasteiger partial charge in [0.15, 0.2) is 0 Å². The van der Waals surface area contributed by atoms with E-state index in [9.17, 15) is 5.11 Å². The fourth-order valence-corrected chi connectivity index (χ4v) is 4.53. The number of aliphatic hydroxyl groups is 1. The molecule has 3 N–H and O–H groups in total. The largest absolute Gasteiger partial charge is 0.386 e. The highest BCUT2D eigenvalue weighted by atomic mass is 16.3. The van der Waals surface area contributed by atoms with Crippen LogP contribution >= 0.6 is 0 Å². The number of fused-ring (bicyclic) bond motifs is 1. The van der Waals surface area contributed by atoms with Crippen LogP contribution in [0.3, 0.4) is 0 Å². The number of hydrogen-bond donors (Lipinski definition) is 3. The van der Waals surface area contributed by atoms with E-state index in [4.69, 9.17) is 4.98 Å². The highest BCUT2D eigenvalue weighted by molar-refractivity contribution is 5.62. The smallest absolute Gasteiger partial charge is 0.137 e. The Bertz CT molecular complexity index is 1020. The van der Waals surface area contributed by atoms with Gasteiger partial charge in [-0.1, -0.05) is 12.1 Å². The van der Waals surface area contributed by atoms with Gasteiger partial charge in [-0.2, -0.15) is 0 Å². The maximum Gasteiger partial charge on any atom is 0.137 e. The molecule has 1 saturated carbocycles. The molecule has 1 saturated heterocycles. The summed E-state index contributed by atoms with van der Waals surface area (Å²) in [4.78, 5) is 9.37. The molecule has 0 radical (unpaired) electrons. The van der Waals surface area contributed by atoms with E-state index in [1.54, 1.807) is 13.8 Å². The Labute approximate surface area is 165 Å². The average Bonchev–Trinajstić information content (AvgIpc) is 3.25. The quantitative estimate of drug-likeness (QED) is 0.651. The van der Waals surface area contributed by atoms with Gasteiger partial charge in [-0.3, -0.25) is 4.40 Å². The van der Waals surface area contributed by atoms with Gasteiger partial charge in [-0.25, -0.2) is 9.97 Å². The molecule has 0 amide bonds. The highest BCUT2D eigenvalue weighted by Crippen LogP contribution is 2.42. The first kappa shape index (κ1) is 17.6. The van der Waals surface area contributed by atoms with E-state index in [1.807, 2.05) is 47.1 Å². The molecular formula is C22H27N5O. The van der Waals surface area contributed by atoms with Crippen LogP contribution in [0.25, 0.3) is 17.0 Å². The van der Waals surface area contributed by atoms with E-state index in [-0.39, 0.29) is 0 Å². The Balaban J connectivity index is 1.43. The molecule has 1 aliphatic carbocycles. The number of rotatable bonds is 4. The Morgan fingerprint density at radius 3 is 2.82 bits per heavy atom. The molecule has 1 atom stereocenters. The van der Waals surface area contributed by atoms with Crippen LogP contribution in [0, 0.1) is 5.41 Å². The van der Waals surface area contributed by atoms with E-state index in [1.165, 1.54) is 19.3 Å². The molecule has 1 unspecified atom stereocenters. The minimum Gasteiger partial charge on any atom is -0.386 e. The monoisotopic (exact) mass is 377 g/mol. The first-order valence-corrected chi connectivity index (χ1v) is 10.1. The van der Waals surface area contributed by atoms with Crippen LogP contribution in [0.2, 0.25) is 0 Å². The maximum absolute atomic E-state index is 10.4. The van der Waals surface area contributed by atoms with Gasteiger partial charge >= 0.3 is 0 Å². The van der Waals surface area contributed by atoms with Crippen molar-refractivity contribution in [2.75, 3.05) is 18.4 Å². The molecule has 2 fully saturated rings. The zero-order valence-corrected chi connectivity index (χ0v) is 16.4. The Kier molecular flexibility index (Phi) is 3.96. The number of nitrogens with zero attached hydrogens (tertiary/aromatic N) is 3. The minimum atomic E-state index is -0.901. The first-order chi connectivity index (χ1) is 13.4. The van der Waals surface area contributed by atoms with E-state index >= 15 is 0 Å². The summed E-state index contributed by atoms with van der Waals surface area (Å²) >= 11 is 0. The second-order valence-corrected chi connectivity index (χ2v) is 8.94. The van der Waals surface area contributed by atoms with Gasteiger partial charge in [0.1, 0.15) is 11.5 Å². The predicted molar refractivity (Wildman–Crippen MR) is 110 cm³/mol. The molecule has 28 heavy (non-hydrogen) atoms. The molecule has 3 aromatic heterocycles. The Morgan fingerprint density at radius 1 is 1.25 bits per heavy atom. The lowest BCUT2D eigenvalue weighted by molar-refractivity contribution is 0.0781. The summed E-state index contributed by atoms with van der Waals surface area (Å²) in [6.07, 6.45) is 7.52. The summed E-state index contributed by atoms with van der Waals surface area (Å²) in [5, 5.41) is 17.4. The Morgan fingerprint density at radius 2 is 2.11 bits per heavy atom. The molecule has 4 heterocycles. The van der Waals surface area contributed by atoms with E-state index in [2.05, 4.69) is 15.6 Å². The summed E-state index contributed by atoms with van der Waals surface area (Å²) < 4.78 is 2.00. The first-order valence-electron chi connectivity index (χ1n) is 10.1. The van der Waals surface area contributed by atoms with Crippen molar-refractivity contribution in [3.8, 4) is 11.4 Å². The molecule has 1 aliphatic heterocycles. The number of nitrogens with one attached hydrogen (secondary N) is 2. The molecular weight excluding hydrogens is 350 g/mol. The maximum atomic E-state index is 10.4. The topological polar surface area (TPSA) is 74.5 Å².